The summed E-state index contributed by atoms with van der Waals surface area (Å²) in [6.07, 6.45) is 2.75. The Morgan fingerprint density at radius 3 is 2.59 bits per heavy atom. The fraction of sp³-hybridized carbons (Fsp3) is 0.467. The SMILES string of the molecule is C=CC[C@H](c1cc(Cl)c(O)c(OC)c1)N1CCNCC1.Cl.Cl. The van der Waals surface area contributed by atoms with Crippen molar-refractivity contribution in [1.82, 2.24) is 10.2 Å². The molecule has 0 aromatic heterocycles. The Balaban J connectivity index is 0.00000220. The lowest BCUT2D eigenvalue weighted by molar-refractivity contribution is 0.174. The fourth-order valence-electron chi connectivity index (χ4n) is 2.59. The van der Waals surface area contributed by atoms with Gasteiger partial charge in [0.05, 0.1) is 12.1 Å². The molecule has 126 valence electrons. The van der Waals surface area contributed by atoms with E-state index in [1.54, 1.807) is 0 Å². The molecule has 0 aliphatic carbocycles. The molecule has 0 amide bonds. The van der Waals surface area contributed by atoms with Crippen LogP contribution in [0, 0.1) is 0 Å². The molecule has 1 aromatic carbocycles. The van der Waals surface area contributed by atoms with Crippen LogP contribution in [-0.2, 0) is 0 Å². The van der Waals surface area contributed by atoms with Gasteiger partial charge in [0.1, 0.15) is 0 Å². The average Bonchev–Trinajstić information content (AvgIpc) is 2.48. The van der Waals surface area contributed by atoms with E-state index in [-0.39, 0.29) is 36.6 Å². The molecule has 0 saturated carbocycles. The van der Waals surface area contributed by atoms with Gasteiger partial charge in [-0.3, -0.25) is 4.90 Å². The van der Waals surface area contributed by atoms with Crippen LogP contribution < -0.4 is 10.1 Å². The van der Waals surface area contributed by atoms with Crippen molar-refractivity contribution < 1.29 is 9.84 Å². The zero-order chi connectivity index (χ0) is 14.5. The molecular weight excluding hydrogens is 347 g/mol. The third-order valence-corrected chi connectivity index (χ3v) is 3.93. The number of rotatable bonds is 5. The van der Waals surface area contributed by atoms with Crippen LogP contribution in [0.4, 0.5) is 0 Å². The summed E-state index contributed by atoms with van der Waals surface area (Å²) in [6.45, 7) is 7.78. The number of phenolic OH excluding ortho intramolecular Hbond substituents is 1. The van der Waals surface area contributed by atoms with E-state index in [4.69, 9.17) is 16.3 Å². The molecule has 0 unspecified atom stereocenters. The molecule has 2 rings (SSSR count). The second-order valence-corrected chi connectivity index (χ2v) is 5.29. The van der Waals surface area contributed by atoms with Gasteiger partial charge >= 0.3 is 0 Å². The van der Waals surface area contributed by atoms with Crippen molar-refractivity contribution >= 4 is 36.4 Å². The first-order chi connectivity index (χ1) is 9.67. The minimum atomic E-state index is -0.00409. The molecule has 1 atom stereocenters. The first kappa shape index (κ1) is 21.4. The molecule has 0 spiro atoms. The molecule has 1 aromatic rings. The lowest BCUT2D eigenvalue weighted by Crippen LogP contribution is -2.45. The average molecular weight is 370 g/mol. The van der Waals surface area contributed by atoms with Crippen molar-refractivity contribution in [2.75, 3.05) is 33.3 Å². The lowest BCUT2D eigenvalue weighted by Gasteiger charge is -2.35. The van der Waals surface area contributed by atoms with Crippen molar-refractivity contribution in [3.8, 4) is 11.5 Å². The summed E-state index contributed by atoms with van der Waals surface area (Å²) >= 11 is 6.09. The highest BCUT2D eigenvalue weighted by molar-refractivity contribution is 6.32. The quantitative estimate of drug-likeness (QED) is 0.781. The number of nitrogens with one attached hydrogen (secondary N) is 1. The van der Waals surface area contributed by atoms with Crippen molar-refractivity contribution in [2.24, 2.45) is 0 Å². The molecule has 7 heteroatoms. The van der Waals surface area contributed by atoms with Crippen LogP contribution in [0.3, 0.4) is 0 Å². The Hall–Kier alpha value is -0.650. The van der Waals surface area contributed by atoms with E-state index in [9.17, 15) is 5.11 Å². The number of ether oxygens (including phenoxy) is 1. The third kappa shape index (κ3) is 4.93. The van der Waals surface area contributed by atoms with Gasteiger partial charge in [0.2, 0.25) is 0 Å². The molecule has 22 heavy (non-hydrogen) atoms. The molecule has 0 bridgehead atoms. The Kier molecular flexibility index (Phi) is 9.89. The Morgan fingerprint density at radius 1 is 1.41 bits per heavy atom. The van der Waals surface area contributed by atoms with E-state index in [1.807, 2.05) is 18.2 Å². The predicted octanol–water partition coefficient (Wildman–Crippen LogP) is 3.42. The summed E-state index contributed by atoms with van der Waals surface area (Å²) in [5.41, 5.74) is 1.05. The molecule has 1 aliphatic rings. The van der Waals surface area contributed by atoms with Crippen LogP contribution in [0.2, 0.25) is 5.02 Å². The highest BCUT2D eigenvalue weighted by atomic mass is 35.5. The molecule has 4 nitrogen and oxygen atoms in total. The van der Waals surface area contributed by atoms with E-state index in [0.29, 0.717) is 10.8 Å². The number of hydrogen-bond acceptors (Lipinski definition) is 4. The van der Waals surface area contributed by atoms with Gasteiger partial charge in [-0.2, -0.15) is 0 Å². The summed E-state index contributed by atoms with van der Waals surface area (Å²) < 4.78 is 5.19. The third-order valence-electron chi connectivity index (χ3n) is 3.64. The Bertz CT molecular complexity index is 480. The summed E-state index contributed by atoms with van der Waals surface area (Å²) in [6, 6.07) is 3.88. The van der Waals surface area contributed by atoms with E-state index in [2.05, 4.69) is 16.8 Å². The van der Waals surface area contributed by atoms with Gasteiger partial charge < -0.3 is 15.2 Å². The van der Waals surface area contributed by atoms with Crippen LogP contribution in [0.25, 0.3) is 0 Å². The highest BCUT2D eigenvalue weighted by Crippen LogP contribution is 2.38. The number of hydrogen-bond donors (Lipinski definition) is 2. The number of phenols is 1. The monoisotopic (exact) mass is 368 g/mol. The maximum Gasteiger partial charge on any atom is 0.176 e. The minimum absolute atomic E-state index is 0. The second-order valence-electron chi connectivity index (χ2n) is 4.88. The smallest absolute Gasteiger partial charge is 0.176 e. The number of nitrogens with zero attached hydrogens (tertiary/aromatic N) is 1. The number of benzene rings is 1. The zero-order valence-electron chi connectivity index (χ0n) is 12.5. The Morgan fingerprint density at radius 2 is 2.05 bits per heavy atom. The second kappa shape index (κ2) is 10.2. The van der Waals surface area contributed by atoms with Crippen LogP contribution in [0.5, 0.6) is 11.5 Å². The van der Waals surface area contributed by atoms with Crippen molar-refractivity contribution in [2.45, 2.75) is 12.5 Å². The largest absolute Gasteiger partial charge is 0.503 e. The minimum Gasteiger partial charge on any atom is -0.503 e. The zero-order valence-corrected chi connectivity index (χ0v) is 14.9. The maximum atomic E-state index is 9.84. The Labute approximate surface area is 149 Å². The van der Waals surface area contributed by atoms with Crippen LogP contribution in [0.15, 0.2) is 24.8 Å². The van der Waals surface area contributed by atoms with Crippen molar-refractivity contribution in [3.63, 3.8) is 0 Å². The molecule has 1 saturated heterocycles. The summed E-state index contributed by atoms with van der Waals surface area (Å²) in [7, 11) is 1.53. The molecule has 1 heterocycles. The molecule has 1 aliphatic heterocycles. The van der Waals surface area contributed by atoms with Gasteiger partial charge in [0.25, 0.3) is 0 Å². The number of piperazine rings is 1. The fourth-order valence-corrected chi connectivity index (χ4v) is 2.81. The lowest BCUT2D eigenvalue weighted by atomic mass is 10.0. The van der Waals surface area contributed by atoms with Gasteiger partial charge in [-0.25, -0.2) is 0 Å². The standard InChI is InChI=1S/C15H21ClN2O2.2ClH/c1-3-4-13(18-7-5-17-6-8-18)11-9-12(16)15(19)14(10-11)20-2;;/h3,9-10,13,17,19H,1,4-8H2,2H3;2*1H/t13-;;/m1../s1. The van der Waals surface area contributed by atoms with E-state index >= 15 is 0 Å². The molecule has 2 N–H and O–H groups in total. The van der Waals surface area contributed by atoms with E-state index in [0.717, 1.165) is 38.2 Å². The van der Waals surface area contributed by atoms with Gasteiger partial charge in [-0.15, -0.1) is 31.4 Å². The van der Waals surface area contributed by atoms with Gasteiger partial charge in [0, 0.05) is 32.2 Å². The number of halogens is 3. The number of methoxy groups -OCH3 is 1. The predicted molar refractivity (Wildman–Crippen MR) is 96.2 cm³/mol. The van der Waals surface area contributed by atoms with Crippen molar-refractivity contribution in [1.29, 1.82) is 0 Å². The first-order valence-corrected chi connectivity index (χ1v) is 7.17. The maximum absolute atomic E-state index is 9.84. The van der Waals surface area contributed by atoms with Gasteiger partial charge in [0.15, 0.2) is 11.5 Å². The van der Waals surface area contributed by atoms with Crippen molar-refractivity contribution in [3.05, 3.63) is 35.4 Å². The van der Waals surface area contributed by atoms with E-state index in [1.165, 1.54) is 7.11 Å². The summed E-state index contributed by atoms with van der Waals surface area (Å²) in [5.74, 6) is 0.410. The van der Waals surface area contributed by atoms with Gasteiger partial charge in [-0.05, 0) is 24.1 Å². The molecule has 0 radical (unpaired) electrons. The molecule has 1 fully saturated rings. The van der Waals surface area contributed by atoms with E-state index < -0.39 is 0 Å². The topological polar surface area (TPSA) is 44.7 Å². The summed E-state index contributed by atoms with van der Waals surface area (Å²) in [4.78, 5) is 2.40. The normalized spacial score (nSPS) is 16.1. The number of aromatic hydroxyl groups is 1. The highest BCUT2D eigenvalue weighted by Gasteiger charge is 2.23. The van der Waals surface area contributed by atoms with Crippen LogP contribution in [-0.4, -0.2) is 43.3 Å². The summed E-state index contributed by atoms with van der Waals surface area (Å²) in [5, 5.41) is 13.5. The van der Waals surface area contributed by atoms with Gasteiger partial charge in [-0.1, -0.05) is 17.7 Å². The van der Waals surface area contributed by atoms with Crippen LogP contribution in [0.1, 0.15) is 18.0 Å². The van der Waals surface area contributed by atoms with Crippen LogP contribution >= 0.6 is 36.4 Å². The molecular formula is C15H23Cl3N2O2. The first-order valence-electron chi connectivity index (χ1n) is 6.79.